The summed E-state index contributed by atoms with van der Waals surface area (Å²) in [4.78, 5) is 0. The van der Waals surface area contributed by atoms with Gasteiger partial charge in [-0.3, -0.25) is 0 Å². The second kappa shape index (κ2) is 7.78. The Hall–Kier alpha value is -1.97. The molecule has 1 aromatic rings. The van der Waals surface area contributed by atoms with Crippen LogP contribution in [0.15, 0.2) is 24.3 Å². The third-order valence-electron chi connectivity index (χ3n) is 4.33. The highest BCUT2D eigenvalue weighted by molar-refractivity contribution is 5.30. The molecule has 0 aliphatic rings. The maximum absolute atomic E-state index is 14.0. The van der Waals surface area contributed by atoms with Crippen molar-refractivity contribution in [2.24, 2.45) is 0 Å². The molecule has 0 bridgehead atoms. The summed E-state index contributed by atoms with van der Waals surface area (Å²) in [5.74, 6) is -56.4. The number of hydrogen-bond acceptors (Lipinski definition) is 0. The van der Waals surface area contributed by atoms with Gasteiger partial charge >= 0.3 is 47.6 Å². The molecule has 1 radical (unpaired) electrons. The summed E-state index contributed by atoms with van der Waals surface area (Å²) in [5.41, 5.74) is -2.26. The van der Waals surface area contributed by atoms with E-state index in [0.29, 0.717) is 12.1 Å². The minimum atomic E-state index is -8.63. The highest BCUT2D eigenvalue weighted by atomic mass is 19.4. The Kier molecular flexibility index (Phi) is 6.85. The lowest BCUT2D eigenvalue weighted by Gasteiger charge is -2.42. The van der Waals surface area contributed by atoms with E-state index in [9.17, 15) is 74.6 Å². The minimum Gasteiger partial charge on any atom is -0.194 e. The van der Waals surface area contributed by atoms with Crippen LogP contribution in [-0.4, -0.2) is 41.7 Å². The molecule has 1 aromatic carbocycles. The molecular formula is C16H8F17. The van der Waals surface area contributed by atoms with Crippen LogP contribution < -0.4 is 0 Å². The SMILES string of the molecule is [CH2]Cc1ccc(C(F)(F)C(F)(F)C(F)(F)C(F)(F)C(F)(F)C(F)(F)C(F)(F)C(F)(F)F)cc1. The Balaban J connectivity index is 3.68. The zero-order chi connectivity index (χ0) is 26.7. The second-order valence-corrected chi connectivity index (χ2v) is 6.47. The van der Waals surface area contributed by atoms with Crippen molar-refractivity contribution in [3.8, 4) is 0 Å². The molecule has 1 rings (SSSR count). The van der Waals surface area contributed by atoms with Gasteiger partial charge in [-0.2, -0.15) is 74.6 Å². The Morgan fingerprint density at radius 2 is 0.758 bits per heavy atom. The molecule has 0 atom stereocenters. The Morgan fingerprint density at radius 3 is 1.06 bits per heavy atom. The van der Waals surface area contributed by atoms with Crippen molar-refractivity contribution >= 4 is 0 Å². The van der Waals surface area contributed by atoms with Crippen LogP contribution in [0.25, 0.3) is 0 Å². The second-order valence-electron chi connectivity index (χ2n) is 6.47. The predicted octanol–water partition coefficient (Wildman–Crippen LogP) is 7.53. The van der Waals surface area contributed by atoms with E-state index in [1.807, 2.05) is 0 Å². The van der Waals surface area contributed by atoms with Crippen molar-refractivity contribution < 1.29 is 74.6 Å². The maximum atomic E-state index is 14.0. The number of benzene rings is 1. The molecule has 0 unspecified atom stereocenters. The zero-order valence-electron chi connectivity index (χ0n) is 15.1. The van der Waals surface area contributed by atoms with Crippen molar-refractivity contribution in [3.63, 3.8) is 0 Å². The fourth-order valence-corrected chi connectivity index (χ4v) is 2.23. The van der Waals surface area contributed by atoms with E-state index >= 15 is 0 Å². The van der Waals surface area contributed by atoms with Gasteiger partial charge in [0.05, 0.1) is 0 Å². The molecule has 0 aliphatic carbocycles. The summed E-state index contributed by atoms with van der Waals surface area (Å²) < 4.78 is 224. The molecule has 0 amide bonds. The van der Waals surface area contributed by atoms with Gasteiger partial charge in [-0.15, -0.1) is 0 Å². The van der Waals surface area contributed by atoms with Crippen LogP contribution in [0.4, 0.5) is 74.6 Å². The number of halogens is 17. The maximum Gasteiger partial charge on any atom is 0.460 e. The van der Waals surface area contributed by atoms with Gasteiger partial charge in [0.2, 0.25) is 0 Å². The van der Waals surface area contributed by atoms with Gasteiger partial charge in [-0.1, -0.05) is 24.3 Å². The van der Waals surface area contributed by atoms with Crippen molar-refractivity contribution in [1.29, 1.82) is 0 Å². The van der Waals surface area contributed by atoms with Crippen LogP contribution in [0, 0.1) is 6.92 Å². The van der Waals surface area contributed by atoms with Gasteiger partial charge in [-0.25, -0.2) is 0 Å². The largest absolute Gasteiger partial charge is 0.460 e. The molecule has 0 aromatic heterocycles. The first-order chi connectivity index (χ1) is 14.3. The highest BCUT2D eigenvalue weighted by Gasteiger charge is 2.95. The Bertz CT molecular complexity index is 832. The van der Waals surface area contributed by atoms with Gasteiger partial charge in [-0.05, 0) is 18.9 Å². The summed E-state index contributed by atoms with van der Waals surface area (Å²) in [6.07, 6.45) is -7.97. The van der Waals surface area contributed by atoms with Crippen molar-refractivity contribution in [2.75, 3.05) is 0 Å². The standard InChI is InChI=1S/C16H8F17/c1-2-7-3-5-8(6-4-7)9(17,18)10(19,20)11(21,22)12(23,24)13(25,26)14(27,28)15(29,30)16(31,32)33/h3-6H,1-2H2. The first-order valence-electron chi connectivity index (χ1n) is 7.89. The van der Waals surface area contributed by atoms with Gasteiger partial charge in [0.15, 0.2) is 0 Å². The molecule has 0 spiro atoms. The zero-order valence-corrected chi connectivity index (χ0v) is 15.1. The quantitative estimate of drug-likeness (QED) is 0.309. The van der Waals surface area contributed by atoms with Crippen LogP contribution in [0.1, 0.15) is 11.1 Å². The summed E-state index contributed by atoms with van der Waals surface area (Å²) in [6.45, 7) is 3.20. The van der Waals surface area contributed by atoms with Crippen LogP contribution in [-0.2, 0) is 12.3 Å². The summed E-state index contributed by atoms with van der Waals surface area (Å²) in [6, 6.07) is 0.894. The number of hydrogen-bond donors (Lipinski definition) is 0. The third-order valence-corrected chi connectivity index (χ3v) is 4.33. The fourth-order valence-electron chi connectivity index (χ4n) is 2.23. The molecule has 0 fully saturated rings. The molecule has 33 heavy (non-hydrogen) atoms. The molecule has 0 saturated carbocycles. The summed E-state index contributed by atoms with van der Waals surface area (Å²) >= 11 is 0. The highest BCUT2D eigenvalue weighted by Crippen LogP contribution is 2.64. The van der Waals surface area contributed by atoms with E-state index in [4.69, 9.17) is 0 Å². The molecule has 0 saturated heterocycles. The first-order valence-corrected chi connectivity index (χ1v) is 7.89. The van der Waals surface area contributed by atoms with E-state index in [1.165, 1.54) is 0 Å². The van der Waals surface area contributed by atoms with Gasteiger partial charge in [0.25, 0.3) is 0 Å². The molecule has 17 heteroatoms. The van der Waals surface area contributed by atoms with Crippen molar-refractivity contribution in [3.05, 3.63) is 42.3 Å². The average Bonchev–Trinajstić information content (AvgIpc) is 2.66. The lowest BCUT2D eigenvalue weighted by Crippen LogP contribution is -2.74. The summed E-state index contributed by atoms with van der Waals surface area (Å²) in [7, 11) is 0. The number of alkyl halides is 17. The predicted molar refractivity (Wildman–Crippen MR) is 75.1 cm³/mol. The third kappa shape index (κ3) is 3.78. The Morgan fingerprint density at radius 1 is 0.455 bits per heavy atom. The van der Waals surface area contributed by atoms with Gasteiger partial charge in [0.1, 0.15) is 0 Å². The number of rotatable bonds is 8. The molecule has 0 heterocycles. The van der Waals surface area contributed by atoms with E-state index in [1.54, 1.807) is 0 Å². The van der Waals surface area contributed by atoms with Crippen LogP contribution in [0.5, 0.6) is 0 Å². The lowest BCUT2D eigenvalue weighted by molar-refractivity contribution is -0.462. The Labute approximate surface area is 172 Å². The average molecular weight is 523 g/mol. The monoisotopic (exact) mass is 523 g/mol. The smallest absolute Gasteiger partial charge is 0.194 e. The molecule has 0 nitrogen and oxygen atoms in total. The lowest BCUT2D eigenvalue weighted by atomic mass is 9.87. The first kappa shape index (κ1) is 29.1. The van der Waals surface area contributed by atoms with Crippen molar-refractivity contribution in [2.45, 2.75) is 54.1 Å². The molecule has 191 valence electrons. The van der Waals surface area contributed by atoms with E-state index in [2.05, 4.69) is 6.92 Å². The van der Waals surface area contributed by atoms with Gasteiger partial charge < -0.3 is 0 Å². The molecule has 0 N–H and O–H groups in total. The molecule has 0 aliphatic heterocycles. The van der Waals surface area contributed by atoms with Crippen LogP contribution >= 0.6 is 0 Å². The van der Waals surface area contributed by atoms with Crippen LogP contribution in [0.2, 0.25) is 0 Å². The van der Waals surface area contributed by atoms with Gasteiger partial charge in [0, 0.05) is 5.56 Å². The van der Waals surface area contributed by atoms with E-state index < -0.39 is 53.2 Å². The van der Waals surface area contributed by atoms with Crippen molar-refractivity contribution in [1.82, 2.24) is 0 Å². The van der Waals surface area contributed by atoms with Crippen LogP contribution in [0.3, 0.4) is 0 Å². The molecular weight excluding hydrogens is 515 g/mol. The topological polar surface area (TPSA) is 0 Å². The normalized spacial score (nSPS) is 15.7. The van der Waals surface area contributed by atoms with E-state index in [0.717, 1.165) is 0 Å². The van der Waals surface area contributed by atoms with E-state index in [-0.39, 0.29) is 24.1 Å². The fraction of sp³-hybridized carbons (Fsp3) is 0.562. The summed E-state index contributed by atoms with van der Waals surface area (Å²) in [5, 5.41) is 0. The minimum absolute atomic E-state index is 0.0180.